The van der Waals surface area contributed by atoms with Crippen LogP contribution in [0.4, 0.5) is 5.69 Å². The molecule has 4 aromatic carbocycles. The topological polar surface area (TPSA) is 132 Å². The lowest BCUT2D eigenvalue weighted by molar-refractivity contribution is 0.240. The molecule has 11 heteroatoms. The van der Waals surface area contributed by atoms with E-state index in [-0.39, 0.29) is 43.8 Å². The Hall–Kier alpha value is -5.65. The van der Waals surface area contributed by atoms with E-state index in [0.29, 0.717) is 40.5 Å². The van der Waals surface area contributed by atoms with Crippen molar-refractivity contribution in [3.63, 3.8) is 0 Å². The van der Waals surface area contributed by atoms with Gasteiger partial charge in [0, 0.05) is 73.1 Å². The van der Waals surface area contributed by atoms with Gasteiger partial charge in [-0.15, -0.1) is 11.8 Å². The quantitative estimate of drug-likeness (QED) is 0.115. The molecule has 8 bridgehead atoms. The summed E-state index contributed by atoms with van der Waals surface area (Å²) < 4.78 is -0.0746. The number of thioether (sulfide) groups is 1. The number of fused-ring (bicyclic) bond motifs is 20. The molecule has 0 atom stereocenters. The Morgan fingerprint density at radius 1 is 0.405 bits per heavy atom. The maximum Gasteiger partial charge on any atom is 0.164 e. The van der Waals surface area contributed by atoms with Gasteiger partial charge < -0.3 is 20.0 Å². The molecule has 3 N–H and O–H groups in total. The van der Waals surface area contributed by atoms with Crippen molar-refractivity contribution < 1.29 is 5.11 Å². The molecule has 0 aliphatic carbocycles. The van der Waals surface area contributed by atoms with Crippen LogP contribution in [0.5, 0.6) is 0 Å². The fraction of sp³-hybridized carbons (Fsp3) is 0.562. The van der Waals surface area contributed by atoms with E-state index in [0.717, 1.165) is 126 Å². The molecule has 0 unspecified atom stereocenters. The fourth-order valence-corrected chi connectivity index (χ4v) is 14.1. The Labute approximate surface area is 507 Å². The van der Waals surface area contributed by atoms with Crippen LogP contribution in [-0.2, 0) is 38.5 Å². The van der Waals surface area contributed by atoms with Gasteiger partial charge in [-0.2, -0.15) is 0 Å². The van der Waals surface area contributed by atoms with Crippen LogP contribution < -0.4 is 4.90 Å². The minimum Gasteiger partial charge on any atom is -0.396 e. The number of H-pyrrole nitrogens is 2. The van der Waals surface area contributed by atoms with Gasteiger partial charge in [-0.05, 0) is 178 Å². The first-order valence-electron chi connectivity index (χ1n) is 31.4. The van der Waals surface area contributed by atoms with Crippen LogP contribution in [0.2, 0.25) is 0 Å². The molecule has 10 rings (SSSR count). The highest BCUT2D eigenvalue weighted by atomic mass is 32.2. The Morgan fingerprint density at radius 3 is 0.976 bits per heavy atom. The van der Waals surface area contributed by atoms with E-state index in [4.69, 9.17) is 29.9 Å². The fourth-order valence-electron chi connectivity index (χ4n) is 12.9. The summed E-state index contributed by atoms with van der Waals surface area (Å²) in [4.78, 5) is 45.5. The summed E-state index contributed by atoms with van der Waals surface area (Å²) in [5, 5.41) is 14.0. The van der Waals surface area contributed by atoms with Crippen molar-refractivity contribution in [3.8, 4) is 45.6 Å². The monoisotopic (exact) mass is 1150 g/mol. The zero-order valence-corrected chi connectivity index (χ0v) is 56.0. The SMILES string of the molecule is CC(C)(C)Cc1cc2c(cc1CC(C)(C)C)-c1nc-2nc2[nH]c(nc3nc(nc4[nH]c(n1)c1cc(CC(C)(C)C)c(CC(C)(C)C)cc41)-c1cc(N4CCC(CCO)CC4)c(SC(C)(C)C)cc1-3)c1cc(CC(C)(C)C)c(CC(C)(C)C)cc21. The smallest absolute Gasteiger partial charge is 0.164 e. The molecule has 1 saturated heterocycles. The van der Waals surface area contributed by atoms with Crippen molar-refractivity contribution in [2.75, 3.05) is 24.6 Å². The summed E-state index contributed by atoms with van der Waals surface area (Å²) in [7, 11) is 0. The van der Waals surface area contributed by atoms with Gasteiger partial charge in [0.25, 0.3) is 0 Å². The predicted octanol–water partition coefficient (Wildman–Crippen LogP) is 18.9. The Balaban J connectivity index is 1.39. The number of benzene rings is 4. The lowest BCUT2D eigenvalue weighted by Crippen LogP contribution is -2.34. The molecule has 0 amide bonds. The summed E-state index contributed by atoms with van der Waals surface area (Å²) in [6.07, 6.45) is 8.39. The van der Waals surface area contributed by atoms with E-state index in [1.807, 2.05) is 11.8 Å². The maximum absolute atomic E-state index is 9.94. The summed E-state index contributed by atoms with van der Waals surface area (Å²) >= 11 is 1.90. The van der Waals surface area contributed by atoms with E-state index >= 15 is 0 Å². The summed E-state index contributed by atoms with van der Waals surface area (Å²) in [5.41, 5.74) is 16.2. The number of anilines is 1. The Bertz CT molecular complexity index is 3820. The van der Waals surface area contributed by atoms with Crippen LogP contribution in [0.25, 0.3) is 89.7 Å². The second-order valence-corrected chi connectivity index (χ2v) is 35.4. The third kappa shape index (κ3) is 14.3. The van der Waals surface area contributed by atoms with Gasteiger partial charge >= 0.3 is 0 Å². The summed E-state index contributed by atoms with van der Waals surface area (Å²) in [6.45, 7) is 51.0. The van der Waals surface area contributed by atoms with Crippen molar-refractivity contribution in [2.45, 2.75) is 213 Å². The molecule has 448 valence electrons. The van der Waals surface area contributed by atoms with E-state index < -0.39 is 0 Å². The van der Waals surface area contributed by atoms with Gasteiger partial charge in [-0.25, -0.2) is 29.9 Å². The number of piperidine rings is 1. The number of nitrogens with zero attached hydrogens (tertiary/aromatic N) is 7. The number of aromatic nitrogens is 8. The van der Waals surface area contributed by atoms with Gasteiger partial charge in [0.2, 0.25) is 0 Å². The zero-order chi connectivity index (χ0) is 61.0. The first kappa shape index (κ1) is 61.4. The first-order chi connectivity index (χ1) is 38.8. The molecular weight excluding hydrogens is 1050 g/mol. The molecule has 10 nitrogen and oxygen atoms in total. The molecule has 3 aliphatic heterocycles. The number of aliphatic hydroxyl groups excluding tert-OH is 1. The number of nitrogens with one attached hydrogen (secondary N) is 2. The van der Waals surface area contributed by atoms with Crippen molar-refractivity contribution in [2.24, 2.45) is 38.4 Å². The minimum atomic E-state index is -0.0746. The van der Waals surface area contributed by atoms with E-state index in [1.54, 1.807) is 0 Å². The average Bonchev–Trinajstić information content (AvgIpc) is 4.25. The minimum absolute atomic E-state index is 0.0387. The molecule has 6 heterocycles. The summed E-state index contributed by atoms with van der Waals surface area (Å²) in [5.74, 6) is 3.02. The second kappa shape index (κ2) is 21.9. The normalized spacial score (nSPS) is 15.0. The van der Waals surface area contributed by atoms with Gasteiger partial charge in [-0.1, -0.05) is 145 Å². The van der Waals surface area contributed by atoms with Crippen LogP contribution in [0.3, 0.4) is 0 Å². The van der Waals surface area contributed by atoms with Crippen LogP contribution in [0, 0.1) is 38.4 Å². The number of hydrogen-bond acceptors (Lipinski definition) is 9. The van der Waals surface area contributed by atoms with E-state index in [9.17, 15) is 5.11 Å². The summed E-state index contributed by atoms with van der Waals surface area (Å²) in [6, 6.07) is 19.1. The number of rotatable bonds is 10. The highest BCUT2D eigenvalue weighted by Gasteiger charge is 2.32. The molecular formula is C73H99N9OS. The third-order valence-corrected chi connectivity index (χ3v) is 17.3. The highest BCUT2D eigenvalue weighted by molar-refractivity contribution is 8.00. The van der Waals surface area contributed by atoms with Crippen molar-refractivity contribution in [1.29, 1.82) is 0 Å². The van der Waals surface area contributed by atoms with Crippen LogP contribution in [-0.4, -0.2) is 69.4 Å². The standard InChI is InChI=1S/C73H99N9OS/c1-67(2,3)36-43-28-49-50(29-44(43)37-68(4,5)6)60-74-59(49)75-61-51-30-45(38-69(7,8)9)47(40-71(13,14)15)32-53(51)63(77-61)79-65-55-34-57(82-25-22-42(23-26-82)24-27-83)58(84-73(19,20)21)35-56(55)66(81-65)80-64-54-33-48(41-72(16,17)18)46(39-70(10,11)12)31-52(54)62(76-60)78-64/h28-35,42,83H,22-27,36-41H2,1-21H3,(H2,74,75,76,77,78,79,80,81). The van der Waals surface area contributed by atoms with Crippen LogP contribution >= 0.6 is 11.8 Å². The number of hydrogen-bond donors (Lipinski definition) is 3. The van der Waals surface area contributed by atoms with Crippen molar-refractivity contribution in [3.05, 3.63) is 81.9 Å². The molecule has 0 saturated carbocycles. The first-order valence-corrected chi connectivity index (χ1v) is 32.2. The molecule has 0 radical (unpaired) electrons. The van der Waals surface area contributed by atoms with E-state index in [2.05, 4.69) is 209 Å². The van der Waals surface area contributed by atoms with Crippen LogP contribution in [0.1, 0.15) is 198 Å². The second-order valence-electron chi connectivity index (χ2n) is 33.6. The van der Waals surface area contributed by atoms with E-state index in [1.165, 1.54) is 44.0 Å². The average molecular weight is 1150 g/mol. The van der Waals surface area contributed by atoms with Gasteiger partial charge in [0.05, 0.1) is 5.69 Å². The number of aliphatic hydroxyl groups is 1. The molecule has 3 aromatic heterocycles. The number of aromatic amines is 2. The van der Waals surface area contributed by atoms with Gasteiger partial charge in [-0.3, -0.25) is 0 Å². The van der Waals surface area contributed by atoms with Crippen molar-refractivity contribution >= 4 is 61.6 Å². The maximum atomic E-state index is 9.94. The van der Waals surface area contributed by atoms with Gasteiger partial charge in [0.1, 0.15) is 22.6 Å². The highest BCUT2D eigenvalue weighted by Crippen LogP contribution is 2.48. The van der Waals surface area contributed by atoms with Crippen LogP contribution in [0.15, 0.2) is 53.4 Å². The zero-order valence-electron chi connectivity index (χ0n) is 55.2. The molecule has 7 aromatic rings. The third-order valence-electron chi connectivity index (χ3n) is 16.1. The van der Waals surface area contributed by atoms with Gasteiger partial charge in [0.15, 0.2) is 23.3 Å². The molecule has 84 heavy (non-hydrogen) atoms. The molecule has 1 fully saturated rings. The Morgan fingerprint density at radius 2 is 0.690 bits per heavy atom. The Kier molecular flexibility index (Phi) is 16.0. The molecule has 3 aliphatic rings. The lowest BCUT2D eigenvalue weighted by atomic mass is 9.80. The predicted molar refractivity (Wildman–Crippen MR) is 357 cm³/mol. The largest absolute Gasteiger partial charge is 0.396 e. The lowest BCUT2D eigenvalue weighted by Gasteiger charge is -2.35. The van der Waals surface area contributed by atoms with Crippen molar-refractivity contribution in [1.82, 2.24) is 39.9 Å². The molecule has 0 spiro atoms.